The Morgan fingerprint density at radius 3 is 2.57 bits per heavy atom. The molecule has 4 nitrogen and oxygen atoms in total. The maximum absolute atomic E-state index is 12.4. The summed E-state index contributed by atoms with van der Waals surface area (Å²) in [4.78, 5) is 25.8. The topological polar surface area (TPSA) is 46.6 Å². The Morgan fingerprint density at radius 1 is 1.38 bits per heavy atom. The molecule has 1 fully saturated rings. The van der Waals surface area contributed by atoms with Gasteiger partial charge in [0.2, 0.25) is 0 Å². The Bertz CT molecular complexity index is 622. The van der Waals surface area contributed by atoms with E-state index in [-0.39, 0.29) is 5.91 Å². The van der Waals surface area contributed by atoms with E-state index in [1.807, 2.05) is 31.2 Å². The van der Waals surface area contributed by atoms with Gasteiger partial charge in [-0.05, 0) is 25.5 Å². The fourth-order valence-corrected chi connectivity index (χ4v) is 3.32. The van der Waals surface area contributed by atoms with Gasteiger partial charge in [-0.3, -0.25) is 9.69 Å². The molecule has 0 bridgehead atoms. The third-order valence-electron chi connectivity index (χ3n) is 3.13. The zero-order chi connectivity index (χ0) is 15.6. The van der Waals surface area contributed by atoms with Crippen LogP contribution < -0.4 is 0 Å². The van der Waals surface area contributed by atoms with Crippen LogP contribution in [0.15, 0.2) is 29.2 Å². The van der Waals surface area contributed by atoms with Crippen LogP contribution >= 0.6 is 24.0 Å². The van der Waals surface area contributed by atoms with Crippen molar-refractivity contribution < 1.29 is 14.3 Å². The first-order chi connectivity index (χ1) is 9.93. The van der Waals surface area contributed by atoms with Crippen molar-refractivity contribution in [3.63, 3.8) is 0 Å². The Morgan fingerprint density at radius 2 is 2.00 bits per heavy atom. The highest BCUT2D eigenvalue weighted by Gasteiger charge is 2.38. The Kier molecular flexibility index (Phi) is 4.80. The summed E-state index contributed by atoms with van der Waals surface area (Å²) in [5, 5.41) is 0. The van der Waals surface area contributed by atoms with Crippen molar-refractivity contribution in [3.05, 3.63) is 40.3 Å². The SMILES string of the molecule is COC(=O)C(C)N1C(=O)/C(=C/c2ccc(C)cc2)SC1=S. The molecule has 1 aliphatic heterocycles. The smallest absolute Gasteiger partial charge is 0.328 e. The molecule has 0 spiro atoms. The monoisotopic (exact) mass is 321 g/mol. The second kappa shape index (κ2) is 6.41. The highest BCUT2D eigenvalue weighted by Crippen LogP contribution is 2.34. The lowest BCUT2D eigenvalue weighted by atomic mass is 10.1. The quantitative estimate of drug-likeness (QED) is 0.487. The van der Waals surface area contributed by atoms with Crippen molar-refractivity contribution in [1.29, 1.82) is 0 Å². The van der Waals surface area contributed by atoms with E-state index < -0.39 is 12.0 Å². The summed E-state index contributed by atoms with van der Waals surface area (Å²) in [7, 11) is 1.29. The van der Waals surface area contributed by atoms with E-state index in [1.165, 1.54) is 23.8 Å². The number of hydrogen-bond donors (Lipinski definition) is 0. The number of thioether (sulfide) groups is 1. The zero-order valence-corrected chi connectivity index (χ0v) is 13.6. The summed E-state index contributed by atoms with van der Waals surface area (Å²) in [5.74, 6) is -0.744. The van der Waals surface area contributed by atoms with Crippen LogP contribution in [0.4, 0.5) is 0 Å². The lowest BCUT2D eigenvalue weighted by Crippen LogP contribution is -2.42. The van der Waals surface area contributed by atoms with Crippen molar-refractivity contribution in [2.24, 2.45) is 0 Å². The fourth-order valence-electron chi connectivity index (χ4n) is 1.90. The third-order valence-corrected chi connectivity index (χ3v) is 4.46. The molecule has 110 valence electrons. The Balaban J connectivity index is 2.25. The summed E-state index contributed by atoms with van der Waals surface area (Å²) in [6.07, 6.45) is 1.78. The largest absolute Gasteiger partial charge is 0.467 e. The highest BCUT2D eigenvalue weighted by atomic mass is 32.2. The van der Waals surface area contributed by atoms with Crippen LogP contribution in [0.1, 0.15) is 18.1 Å². The molecule has 1 unspecified atom stereocenters. The van der Waals surface area contributed by atoms with Gasteiger partial charge in [0, 0.05) is 0 Å². The van der Waals surface area contributed by atoms with Gasteiger partial charge < -0.3 is 4.74 Å². The number of rotatable bonds is 3. The second-order valence-corrected chi connectivity index (χ2v) is 6.34. The van der Waals surface area contributed by atoms with Crippen LogP contribution in [0.3, 0.4) is 0 Å². The van der Waals surface area contributed by atoms with Crippen LogP contribution in [0.25, 0.3) is 6.08 Å². The summed E-state index contributed by atoms with van der Waals surface area (Å²) >= 11 is 6.39. The molecule has 0 aliphatic carbocycles. The number of carbonyl (C=O) groups excluding carboxylic acids is 2. The predicted molar refractivity (Wildman–Crippen MR) is 87.7 cm³/mol. The van der Waals surface area contributed by atoms with E-state index >= 15 is 0 Å². The summed E-state index contributed by atoms with van der Waals surface area (Å²) in [6, 6.07) is 7.11. The minimum absolute atomic E-state index is 0.261. The van der Waals surface area contributed by atoms with Crippen LogP contribution in [0.5, 0.6) is 0 Å². The number of nitrogens with zero attached hydrogens (tertiary/aromatic N) is 1. The van der Waals surface area contributed by atoms with Crippen LogP contribution in [-0.2, 0) is 14.3 Å². The van der Waals surface area contributed by atoms with Gasteiger partial charge >= 0.3 is 5.97 Å². The Labute approximate surface area is 133 Å². The molecule has 1 heterocycles. The Hall–Kier alpha value is -1.66. The average Bonchev–Trinajstić information content (AvgIpc) is 2.74. The highest BCUT2D eigenvalue weighted by molar-refractivity contribution is 8.26. The molecule has 0 aromatic heterocycles. The molecule has 1 aromatic carbocycles. The van der Waals surface area contributed by atoms with Crippen molar-refractivity contribution in [3.8, 4) is 0 Å². The molecule has 1 aromatic rings. The lowest BCUT2D eigenvalue weighted by molar-refractivity contribution is -0.147. The maximum Gasteiger partial charge on any atom is 0.328 e. The molecule has 21 heavy (non-hydrogen) atoms. The average molecular weight is 321 g/mol. The standard InChI is InChI=1S/C15H15NO3S2/c1-9-4-6-11(7-5-9)8-12-13(17)16(15(20)21-12)10(2)14(18)19-3/h4-8,10H,1-3H3/b12-8-. The van der Waals surface area contributed by atoms with Crippen LogP contribution in [-0.4, -0.2) is 34.2 Å². The molecular weight excluding hydrogens is 306 g/mol. The first kappa shape index (κ1) is 15.7. The first-order valence-electron chi connectivity index (χ1n) is 6.35. The molecule has 0 saturated carbocycles. The molecule has 6 heteroatoms. The molecule has 0 N–H and O–H groups in total. The molecule has 1 aliphatic rings. The number of ether oxygens (including phenoxy) is 1. The van der Waals surface area contributed by atoms with E-state index in [4.69, 9.17) is 12.2 Å². The van der Waals surface area contributed by atoms with Gasteiger partial charge in [-0.1, -0.05) is 53.8 Å². The molecule has 0 radical (unpaired) electrons. The van der Waals surface area contributed by atoms with E-state index in [0.29, 0.717) is 9.23 Å². The van der Waals surface area contributed by atoms with Gasteiger partial charge in [-0.2, -0.15) is 0 Å². The maximum atomic E-state index is 12.4. The minimum atomic E-state index is -0.716. The number of benzene rings is 1. The van der Waals surface area contributed by atoms with Gasteiger partial charge in [-0.15, -0.1) is 0 Å². The fraction of sp³-hybridized carbons (Fsp3) is 0.267. The summed E-state index contributed by atoms with van der Waals surface area (Å²) in [6.45, 7) is 3.60. The number of thiocarbonyl (C=S) groups is 1. The molecule has 1 atom stereocenters. The third kappa shape index (κ3) is 3.33. The number of amides is 1. The van der Waals surface area contributed by atoms with Gasteiger partial charge in [0.15, 0.2) is 0 Å². The van der Waals surface area contributed by atoms with Crippen molar-refractivity contribution in [2.75, 3.05) is 7.11 Å². The number of aryl methyl sites for hydroxylation is 1. The molecular formula is C15H15NO3S2. The zero-order valence-electron chi connectivity index (χ0n) is 12.0. The number of methoxy groups -OCH3 is 1. The van der Waals surface area contributed by atoms with E-state index in [0.717, 1.165) is 11.1 Å². The van der Waals surface area contributed by atoms with Gasteiger partial charge in [0.25, 0.3) is 5.91 Å². The van der Waals surface area contributed by atoms with E-state index in [9.17, 15) is 9.59 Å². The minimum Gasteiger partial charge on any atom is -0.467 e. The number of carbonyl (C=O) groups is 2. The second-order valence-electron chi connectivity index (χ2n) is 4.66. The van der Waals surface area contributed by atoms with Crippen LogP contribution in [0.2, 0.25) is 0 Å². The first-order valence-corrected chi connectivity index (χ1v) is 7.58. The van der Waals surface area contributed by atoms with Gasteiger partial charge in [0.1, 0.15) is 10.4 Å². The normalized spacial score (nSPS) is 18.2. The summed E-state index contributed by atoms with van der Waals surface area (Å²) < 4.78 is 5.04. The van der Waals surface area contributed by atoms with E-state index in [1.54, 1.807) is 13.0 Å². The molecule has 1 amide bonds. The van der Waals surface area contributed by atoms with E-state index in [2.05, 4.69) is 4.74 Å². The number of hydrogen-bond acceptors (Lipinski definition) is 5. The summed E-state index contributed by atoms with van der Waals surface area (Å²) in [5.41, 5.74) is 2.07. The van der Waals surface area contributed by atoms with Crippen molar-refractivity contribution in [1.82, 2.24) is 4.90 Å². The predicted octanol–water partition coefficient (Wildman–Crippen LogP) is 2.76. The van der Waals surface area contributed by atoms with Crippen LogP contribution in [0, 0.1) is 6.92 Å². The van der Waals surface area contributed by atoms with Gasteiger partial charge in [0.05, 0.1) is 12.0 Å². The molecule has 2 rings (SSSR count). The lowest BCUT2D eigenvalue weighted by Gasteiger charge is -2.20. The van der Waals surface area contributed by atoms with Crippen molar-refractivity contribution >= 4 is 46.3 Å². The number of esters is 1. The van der Waals surface area contributed by atoms with Gasteiger partial charge in [-0.25, -0.2) is 4.79 Å². The molecule has 1 saturated heterocycles. The van der Waals surface area contributed by atoms with Crippen molar-refractivity contribution in [2.45, 2.75) is 19.9 Å².